The molecule has 0 unspecified atom stereocenters. The third-order valence-corrected chi connectivity index (χ3v) is 10.1. The zero-order valence-corrected chi connectivity index (χ0v) is 28.8. The maximum atomic E-state index is 13.2. The smallest absolute Gasteiger partial charge is 0.322 e. The van der Waals surface area contributed by atoms with Gasteiger partial charge in [-0.05, 0) is 12.8 Å². The first-order valence-corrected chi connectivity index (χ1v) is 18.6. The van der Waals surface area contributed by atoms with Gasteiger partial charge in [0.05, 0.1) is 18.8 Å². The zero-order valence-electron chi connectivity index (χ0n) is 25.5. The molecule has 0 rings (SSSR count). The average Bonchev–Trinajstić information content (AvgIpc) is 2.98. The van der Waals surface area contributed by atoms with Gasteiger partial charge in [0.15, 0.2) is 0 Å². The predicted molar refractivity (Wildman–Crippen MR) is 175 cm³/mol. The molecule has 0 fully saturated rings. The predicted octanol–water partition coefficient (Wildman–Crippen LogP) is -3.59. The minimum absolute atomic E-state index is 0.00863. The maximum absolute atomic E-state index is 13.2. The fourth-order valence-electron chi connectivity index (χ4n) is 3.14. The van der Waals surface area contributed by atoms with Crippen LogP contribution in [0.2, 0.25) is 0 Å². The van der Waals surface area contributed by atoms with Crippen molar-refractivity contribution >= 4 is 90.6 Å². The van der Waals surface area contributed by atoms with Gasteiger partial charge in [-0.3, -0.25) is 38.4 Å². The Morgan fingerprint density at radius 2 is 1.11 bits per heavy atom. The van der Waals surface area contributed by atoms with E-state index in [1.54, 1.807) is 0 Å². The Morgan fingerprint density at radius 3 is 1.57 bits per heavy atom. The Bertz CT molecular complexity index is 1120. The SMILES string of the molecule is CC(C)[C@H](NC(=O)[C@H](CO)NC(=O)[C@@H](N)CSSCC(=O)O)C(=O)N[C@H](C(=O)N[C@@H](CSSCC(=O)O)C(=O)NCC(=O)O)[C@@H](C)O. The summed E-state index contributed by atoms with van der Waals surface area (Å²) in [6.07, 6.45) is -1.54. The fraction of sp³-hybridized carbons (Fsp3) is 0.667. The Hall–Kier alpha value is -2.96. The van der Waals surface area contributed by atoms with E-state index < -0.39 is 103 Å². The third kappa shape index (κ3) is 18.8. The van der Waals surface area contributed by atoms with Gasteiger partial charge in [0.2, 0.25) is 29.5 Å². The monoisotopic (exact) mass is 748 g/mol. The highest BCUT2D eigenvalue weighted by atomic mass is 33.1. The Balaban J connectivity index is 5.57. The van der Waals surface area contributed by atoms with Gasteiger partial charge >= 0.3 is 17.9 Å². The number of hydrogen-bond donors (Lipinski definition) is 11. The molecule has 0 aromatic heterocycles. The van der Waals surface area contributed by atoms with Crippen molar-refractivity contribution in [1.82, 2.24) is 26.6 Å². The van der Waals surface area contributed by atoms with Crippen molar-refractivity contribution in [1.29, 1.82) is 0 Å². The van der Waals surface area contributed by atoms with Gasteiger partial charge < -0.3 is 57.9 Å². The minimum Gasteiger partial charge on any atom is -0.481 e. The second kappa shape index (κ2) is 23.4. The van der Waals surface area contributed by atoms with Crippen molar-refractivity contribution < 1.29 is 63.9 Å². The van der Waals surface area contributed by atoms with Gasteiger partial charge in [-0.1, -0.05) is 57.0 Å². The molecule has 0 bridgehead atoms. The van der Waals surface area contributed by atoms with Crippen LogP contribution in [0, 0.1) is 5.92 Å². The van der Waals surface area contributed by atoms with E-state index in [9.17, 15) is 48.6 Å². The van der Waals surface area contributed by atoms with Crippen LogP contribution in [0.3, 0.4) is 0 Å². The van der Waals surface area contributed by atoms with Gasteiger partial charge in [-0.25, -0.2) is 0 Å². The lowest BCUT2D eigenvalue weighted by Crippen LogP contribution is -2.62. The second-order valence-electron chi connectivity index (χ2n) is 9.86. The summed E-state index contributed by atoms with van der Waals surface area (Å²) in [6.45, 7) is 2.56. The molecule has 0 aliphatic heterocycles. The van der Waals surface area contributed by atoms with Crippen molar-refractivity contribution in [2.45, 2.75) is 57.1 Å². The topological polar surface area (TPSA) is 324 Å². The molecule has 12 N–H and O–H groups in total. The molecule has 0 aromatic rings. The summed E-state index contributed by atoms with van der Waals surface area (Å²) in [6, 6.07) is -7.16. The third-order valence-electron chi connectivity index (χ3n) is 5.52. The van der Waals surface area contributed by atoms with E-state index >= 15 is 0 Å². The first kappa shape index (κ1) is 44.0. The number of aliphatic carboxylic acids is 3. The molecule has 0 spiro atoms. The highest BCUT2D eigenvalue weighted by Gasteiger charge is 2.35. The molecule has 0 aromatic carbocycles. The number of carbonyl (C=O) groups excluding carboxylic acids is 5. The van der Waals surface area contributed by atoms with Crippen LogP contribution in [0.15, 0.2) is 0 Å². The number of carboxylic acids is 3. The van der Waals surface area contributed by atoms with Crippen LogP contribution >= 0.6 is 43.2 Å². The van der Waals surface area contributed by atoms with Crippen LogP contribution in [0.4, 0.5) is 0 Å². The summed E-state index contributed by atoms with van der Waals surface area (Å²) in [5.41, 5.74) is 5.77. The van der Waals surface area contributed by atoms with Gasteiger partial charge in [-0.15, -0.1) is 0 Å². The maximum Gasteiger partial charge on any atom is 0.322 e. The molecule has 6 atom stereocenters. The molecule has 0 aliphatic carbocycles. The molecular formula is C24H40N6O13S4. The van der Waals surface area contributed by atoms with E-state index in [1.807, 2.05) is 0 Å². The summed E-state index contributed by atoms with van der Waals surface area (Å²) < 4.78 is 0. The van der Waals surface area contributed by atoms with Gasteiger partial charge in [0.25, 0.3) is 0 Å². The fourth-order valence-corrected chi connectivity index (χ4v) is 6.90. The number of hydrogen-bond acceptors (Lipinski definition) is 15. The summed E-state index contributed by atoms with van der Waals surface area (Å²) in [7, 11) is 3.71. The van der Waals surface area contributed by atoms with Crippen LogP contribution in [-0.2, 0) is 38.4 Å². The van der Waals surface area contributed by atoms with Crippen molar-refractivity contribution in [2.75, 3.05) is 36.2 Å². The van der Waals surface area contributed by atoms with Gasteiger partial charge in [-0.2, -0.15) is 0 Å². The molecule has 0 saturated carbocycles. The highest BCUT2D eigenvalue weighted by molar-refractivity contribution is 8.77. The van der Waals surface area contributed by atoms with E-state index in [-0.39, 0.29) is 23.0 Å². The highest BCUT2D eigenvalue weighted by Crippen LogP contribution is 2.22. The molecule has 0 heterocycles. The Kier molecular flexibility index (Phi) is 21.9. The van der Waals surface area contributed by atoms with Crippen LogP contribution in [0.25, 0.3) is 0 Å². The molecule has 0 aliphatic rings. The van der Waals surface area contributed by atoms with E-state index in [2.05, 4.69) is 26.6 Å². The normalized spacial score (nSPS) is 14.8. The van der Waals surface area contributed by atoms with Crippen LogP contribution < -0.4 is 32.3 Å². The number of carboxylic acid groups (broad SMARTS) is 3. The number of aliphatic hydroxyl groups excluding tert-OH is 2. The molecule has 0 saturated heterocycles. The van der Waals surface area contributed by atoms with Crippen LogP contribution in [0.5, 0.6) is 0 Å². The Labute approximate surface area is 285 Å². The molecule has 47 heavy (non-hydrogen) atoms. The lowest BCUT2D eigenvalue weighted by molar-refractivity contribution is -0.139. The van der Waals surface area contributed by atoms with Crippen molar-refractivity contribution in [3.05, 3.63) is 0 Å². The van der Waals surface area contributed by atoms with Crippen LogP contribution in [0.1, 0.15) is 20.8 Å². The van der Waals surface area contributed by atoms with E-state index in [1.165, 1.54) is 13.8 Å². The number of nitrogens with two attached hydrogens (primary N) is 1. The van der Waals surface area contributed by atoms with Crippen molar-refractivity contribution in [3.63, 3.8) is 0 Å². The van der Waals surface area contributed by atoms with Crippen molar-refractivity contribution in [3.8, 4) is 0 Å². The lowest BCUT2D eigenvalue weighted by Gasteiger charge is -2.28. The largest absolute Gasteiger partial charge is 0.481 e. The van der Waals surface area contributed by atoms with E-state index in [4.69, 9.17) is 21.1 Å². The van der Waals surface area contributed by atoms with Gasteiger partial charge in [0, 0.05) is 11.5 Å². The number of nitrogens with one attached hydrogen (secondary N) is 5. The zero-order chi connectivity index (χ0) is 36.3. The summed E-state index contributed by atoms with van der Waals surface area (Å²) in [5, 5.41) is 57.6. The first-order chi connectivity index (χ1) is 21.9. The summed E-state index contributed by atoms with van der Waals surface area (Å²) in [4.78, 5) is 96.4. The number of amides is 5. The molecule has 23 heteroatoms. The van der Waals surface area contributed by atoms with Crippen molar-refractivity contribution in [2.24, 2.45) is 11.7 Å². The molecular weight excluding hydrogens is 709 g/mol. The molecule has 19 nitrogen and oxygen atoms in total. The first-order valence-electron chi connectivity index (χ1n) is 13.6. The Morgan fingerprint density at radius 1 is 0.617 bits per heavy atom. The number of carbonyl (C=O) groups is 8. The molecule has 268 valence electrons. The second-order valence-corrected chi connectivity index (χ2v) is 14.9. The van der Waals surface area contributed by atoms with Crippen LogP contribution in [-0.4, -0.2) is 145 Å². The summed E-state index contributed by atoms with van der Waals surface area (Å²) in [5.74, 6) is -9.75. The minimum atomic E-state index is -1.69. The quantitative estimate of drug-likeness (QED) is 0.0336. The standard InChI is InChI=1S/C24H40N6O13S4/c1-10(2)18(29-22(41)13(5-31)27-20(39)12(25)6-44-46-8-16(35)36)23(42)30-19(11(3)32)24(43)28-14(7-45-47-9-17(37)38)21(40)26-4-15(33)34/h10-14,18-19,31-32H,4-9,25H2,1-3H3,(H,26,40)(H,27,39)(H,28,43)(H,29,41)(H,30,42)(H,33,34)(H,35,36)(H,37,38)/t11-,12+,13+,14+,18+,19+/m1/s1. The number of aliphatic hydroxyl groups is 2. The van der Waals surface area contributed by atoms with Gasteiger partial charge in [0.1, 0.15) is 42.2 Å². The summed E-state index contributed by atoms with van der Waals surface area (Å²) >= 11 is 0. The lowest BCUT2D eigenvalue weighted by atomic mass is 10.0. The average molecular weight is 749 g/mol. The molecule has 0 radical (unpaired) electrons. The van der Waals surface area contributed by atoms with E-state index in [0.29, 0.717) is 0 Å². The number of rotatable bonds is 24. The van der Waals surface area contributed by atoms with E-state index in [0.717, 1.165) is 50.1 Å². The molecule has 5 amide bonds.